The monoisotopic (exact) mass is 696 g/mol. The Morgan fingerprint density at radius 1 is 0.688 bits per heavy atom. The first-order valence-electron chi connectivity index (χ1n) is 15.3. The number of rotatable bonds is 13. The molecule has 1 aliphatic heterocycles. The number of nitrogens with zero attached hydrogens (tertiary/aromatic N) is 2. The Kier molecular flexibility index (Phi) is 11.5. The first kappa shape index (κ1) is 35.8. The first-order chi connectivity index (χ1) is 22.5. The van der Waals surface area contributed by atoms with E-state index >= 15 is 0 Å². The summed E-state index contributed by atoms with van der Waals surface area (Å²) < 4.78 is 82.2. The van der Waals surface area contributed by atoms with E-state index in [1.54, 1.807) is 6.08 Å². The number of anilines is 1. The molecule has 48 heavy (non-hydrogen) atoms. The number of benzene rings is 4. The number of aryl methyl sites for hydroxylation is 1. The summed E-state index contributed by atoms with van der Waals surface area (Å²) in [6, 6.07) is 31.5. The molecule has 0 radical (unpaired) electrons. The van der Waals surface area contributed by atoms with Crippen LogP contribution < -0.4 is 43.8 Å². The fourth-order valence-corrected chi connectivity index (χ4v) is 6.82. The van der Waals surface area contributed by atoms with E-state index < -0.39 is 31.7 Å². The van der Waals surface area contributed by atoms with Crippen LogP contribution in [0.4, 0.5) is 5.69 Å². The summed E-state index contributed by atoms with van der Waals surface area (Å²) in [5.74, 6) is 0.609. The summed E-state index contributed by atoms with van der Waals surface area (Å²) in [6.07, 6.45) is 2.99. The molecule has 0 fully saturated rings. The second-order valence-corrected chi connectivity index (χ2v) is 14.4. The number of ether oxygens (including phenoxy) is 1. The molecule has 0 atom stereocenters. The van der Waals surface area contributed by atoms with Gasteiger partial charge in [0.25, 0.3) is 5.52 Å². The second-order valence-electron chi connectivity index (χ2n) is 11.4. The van der Waals surface area contributed by atoms with Gasteiger partial charge >= 0.3 is 35.4 Å². The van der Waals surface area contributed by atoms with Crippen molar-refractivity contribution in [1.29, 1.82) is 0 Å². The molecule has 1 aromatic heterocycles. The molecule has 4 aromatic carbocycles. The predicted octanol–water partition coefficient (Wildman–Crippen LogP) is 2.91. The van der Waals surface area contributed by atoms with Crippen LogP contribution in [-0.2, 0) is 26.8 Å². The maximum atomic E-state index is 11.3. The average molecular weight is 697 g/mol. The van der Waals surface area contributed by atoms with Crippen LogP contribution in [-0.4, -0.2) is 44.0 Å². The summed E-state index contributed by atoms with van der Waals surface area (Å²) in [5, 5.41) is 0. The van der Waals surface area contributed by atoms with Gasteiger partial charge < -0.3 is 23.2 Å². The molecule has 13 heteroatoms. The molecule has 0 N–H and O–H groups in total. The minimum atomic E-state index is -4.34. The standard InChI is InChI=1S/C35H34N2O8S2.Na/c38-46(39,40)21-9-7-19-36-30-23-28(26-11-3-1-4-12-26)15-17-32(30)44-34(36)25-35-37(20-8-10-22-47(41,42)43)31-24-29(16-18-33(31)45-35)27-13-5-2-6-14-27;/h1-6,11-18,23-25H,7-10,19-22H2,(H-,38,39,40,41,42,43);/q;+1/p-1. The smallest absolute Gasteiger partial charge is 0.748 e. The molecule has 1 aliphatic rings. The molecule has 0 saturated heterocycles. The van der Waals surface area contributed by atoms with E-state index in [1.807, 2.05) is 107 Å². The van der Waals surface area contributed by atoms with Crippen molar-refractivity contribution < 1.29 is 69.2 Å². The van der Waals surface area contributed by atoms with Gasteiger partial charge in [-0.15, -0.1) is 0 Å². The van der Waals surface area contributed by atoms with E-state index in [1.165, 1.54) is 0 Å². The molecule has 2 heterocycles. The van der Waals surface area contributed by atoms with Crippen LogP contribution in [0.2, 0.25) is 0 Å². The molecule has 6 rings (SSSR count). The van der Waals surface area contributed by atoms with E-state index in [9.17, 15) is 25.9 Å². The number of hydrogen-bond acceptors (Lipinski definition) is 9. The Balaban J connectivity index is 0.00000451. The van der Waals surface area contributed by atoms with E-state index in [4.69, 9.17) is 9.15 Å². The molecule has 0 spiro atoms. The summed E-state index contributed by atoms with van der Waals surface area (Å²) in [6.45, 7) is 0.763. The van der Waals surface area contributed by atoms with Gasteiger partial charge in [0, 0.05) is 30.5 Å². The van der Waals surface area contributed by atoms with Crippen LogP contribution in [0, 0.1) is 0 Å². The number of aromatic nitrogens is 1. The molecule has 0 amide bonds. The number of fused-ring (bicyclic) bond motifs is 2. The Morgan fingerprint density at radius 2 is 1.27 bits per heavy atom. The van der Waals surface area contributed by atoms with Gasteiger partial charge in [-0.2, -0.15) is 4.57 Å². The van der Waals surface area contributed by atoms with Crippen molar-refractivity contribution in [2.24, 2.45) is 0 Å². The van der Waals surface area contributed by atoms with E-state index in [0.717, 1.165) is 33.5 Å². The zero-order valence-electron chi connectivity index (χ0n) is 26.4. The quantitative estimate of drug-likeness (QED) is 0.0786. The van der Waals surface area contributed by atoms with Crippen LogP contribution >= 0.6 is 0 Å². The van der Waals surface area contributed by atoms with E-state index in [-0.39, 0.29) is 42.4 Å². The van der Waals surface area contributed by atoms with Crippen LogP contribution in [0.15, 0.2) is 107 Å². The number of unbranched alkanes of at least 4 members (excludes halogenated alkanes) is 2. The Labute approximate surface area is 302 Å². The predicted molar refractivity (Wildman–Crippen MR) is 177 cm³/mol. The fourth-order valence-electron chi connectivity index (χ4n) is 5.70. The van der Waals surface area contributed by atoms with Gasteiger partial charge in [-0.3, -0.25) is 0 Å². The largest absolute Gasteiger partial charge is 1.00 e. The summed E-state index contributed by atoms with van der Waals surface area (Å²) >= 11 is 0. The van der Waals surface area contributed by atoms with Gasteiger partial charge in [0.2, 0.25) is 11.5 Å². The van der Waals surface area contributed by atoms with Gasteiger partial charge in [0.05, 0.1) is 25.9 Å². The van der Waals surface area contributed by atoms with Gasteiger partial charge in [-0.25, -0.2) is 16.8 Å². The van der Waals surface area contributed by atoms with Crippen molar-refractivity contribution in [2.75, 3.05) is 23.0 Å². The van der Waals surface area contributed by atoms with E-state index in [0.29, 0.717) is 49.0 Å². The van der Waals surface area contributed by atoms with Crippen molar-refractivity contribution in [3.8, 4) is 28.0 Å². The van der Waals surface area contributed by atoms with Crippen molar-refractivity contribution in [3.63, 3.8) is 0 Å². The van der Waals surface area contributed by atoms with Gasteiger partial charge in [-0.05, 0) is 59.7 Å². The second kappa shape index (κ2) is 15.4. The molecular weight excluding hydrogens is 664 g/mol. The van der Waals surface area contributed by atoms with Crippen molar-refractivity contribution in [1.82, 2.24) is 0 Å². The summed E-state index contributed by atoms with van der Waals surface area (Å²) in [5.41, 5.74) is 6.18. The first-order valence-corrected chi connectivity index (χ1v) is 18.5. The Hall–Kier alpha value is -3.49. The minimum absolute atomic E-state index is 0. The molecule has 10 nitrogen and oxygen atoms in total. The summed E-state index contributed by atoms with van der Waals surface area (Å²) in [7, 11) is -8.68. The molecule has 244 valence electrons. The molecular formula is C35H33N2NaO8S2. The fraction of sp³-hybridized carbons (Fsp3) is 0.229. The van der Waals surface area contributed by atoms with Crippen LogP contribution in [0.3, 0.4) is 0 Å². The van der Waals surface area contributed by atoms with Crippen molar-refractivity contribution in [2.45, 2.75) is 32.2 Å². The molecule has 0 aliphatic carbocycles. The average Bonchev–Trinajstić information content (AvgIpc) is 3.57. The van der Waals surface area contributed by atoms with Crippen molar-refractivity contribution in [3.05, 3.63) is 109 Å². The van der Waals surface area contributed by atoms with Crippen molar-refractivity contribution >= 4 is 43.1 Å². The SMILES string of the molecule is O=S(=O)([O-])CCCCN1C(=Cc2oc3ccc(-c4ccccc4)cc3[n+]2CCCCS(=O)(=O)[O-])Oc2ccc(-c3ccccc3)cc21.[Na+]. The van der Waals surface area contributed by atoms with Gasteiger partial charge in [-0.1, -0.05) is 72.8 Å². The summed E-state index contributed by atoms with van der Waals surface area (Å²) in [4.78, 5) is 1.94. The Bertz CT molecular complexity index is 2140. The maximum absolute atomic E-state index is 11.3. The van der Waals surface area contributed by atoms with Crippen LogP contribution in [0.5, 0.6) is 5.75 Å². The van der Waals surface area contributed by atoms with Gasteiger partial charge in [0.1, 0.15) is 6.08 Å². The molecule has 0 unspecified atom stereocenters. The zero-order chi connectivity index (χ0) is 33.0. The number of hydrogen-bond donors (Lipinski definition) is 0. The van der Waals surface area contributed by atoms with Crippen LogP contribution in [0.1, 0.15) is 31.6 Å². The molecule has 0 saturated carbocycles. The minimum Gasteiger partial charge on any atom is -0.748 e. The van der Waals surface area contributed by atoms with E-state index in [2.05, 4.69) is 0 Å². The van der Waals surface area contributed by atoms with Crippen LogP contribution in [0.25, 0.3) is 39.4 Å². The molecule has 0 bridgehead atoms. The third kappa shape index (κ3) is 8.94. The topological polar surface area (TPSA) is 144 Å². The normalized spacial score (nSPS) is 13.8. The van der Waals surface area contributed by atoms with Gasteiger partial charge in [0.15, 0.2) is 12.3 Å². The molecule has 5 aromatic rings. The third-order valence-electron chi connectivity index (χ3n) is 7.97. The maximum Gasteiger partial charge on any atom is 1.00 e. The third-order valence-corrected chi connectivity index (χ3v) is 9.55. The number of oxazole rings is 1. The zero-order valence-corrected chi connectivity index (χ0v) is 30.1. The Morgan fingerprint density at radius 3 is 1.90 bits per heavy atom.